The fraction of sp³-hybridized carbons (Fsp3) is 0.200. The lowest BCUT2D eigenvalue weighted by molar-refractivity contribution is -0.113. The van der Waals surface area contributed by atoms with Gasteiger partial charge >= 0.3 is 5.97 Å². The van der Waals surface area contributed by atoms with Crippen molar-refractivity contribution in [3.05, 3.63) is 111 Å². The molecule has 1 aliphatic heterocycles. The molecule has 0 unspecified atom stereocenters. The van der Waals surface area contributed by atoms with Crippen LogP contribution in [0.1, 0.15) is 51.1 Å². The minimum Gasteiger partial charge on any atom is -0.478 e. The molecule has 3 N–H and O–H groups in total. The fourth-order valence-corrected chi connectivity index (χ4v) is 5.50. The van der Waals surface area contributed by atoms with E-state index in [1.54, 1.807) is 28.9 Å². The summed E-state index contributed by atoms with van der Waals surface area (Å²) in [6.07, 6.45) is 0. The van der Waals surface area contributed by atoms with E-state index in [0.717, 1.165) is 16.8 Å². The van der Waals surface area contributed by atoms with E-state index in [1.807, 2.05) is 38.1 Å². The summed E-state index contributed by atoms with van der Waals surface area (Å²) < 4.78 is 1.71. The lowest BCUT2D eigenvalue weighted by atomic mass is 9.94. The fourth-order valence-electron chi connectivity index (χ4n) is 4.60. The lowest BCUT2D eigenvalue weighted by Crippen LogP contribution is -2.31. The highest BCUT2D eigenvalue weighted by Gasteiger charge is 2.34. The molecule has 4 aromatic rings. The second-order valence-corrected chi connectivity index (χ2v) is 10.6. The highest BCUT2D eigenvalue weighted by atomic mass is 32.2. The van der Waals surface area contributed by atoms with Gasteiger partial charge < -0.3 is 15.7 Å². The third kappa shape index (κ3) is 5.44. The molecule has 1 atom stereocenters. The first-order valence-corrected chi connectivity index (χ1v) is 13.5. The SMILES string of the molecule is CC1=C(C(=O)Nc2ccccc2C)[C@H](c2ccc(C(=O)O)cc2)n2nc(SCc3cc(C)ccc3C)nc2N1. The van der Waals surface area contributed by atoms with Crippen LogP contribution in [0.3, 0.4) is 0 Å². The number of nitrogens with zero attached hydrogens (tertiary/aromatic N) is 3. The number of nitrogens with one attached hydrogen (secondary N) is 2. The molecule has 8 nitrogen and oxygen atoms in total. The zero-order valence-electron chi connectivity index (χ0n) is 22.1. The summed E-state index contributed by atoms with van der Waals surface area (Å²) >= 11 is 1.53. The number of para-hydroxylation sites is 1. The highest BCUT2D eigenvalue weighted by molar-refractivity contribution is 7.98. The molecular formula is C30H29N5O3S. The summed E-state index contributed by atoms with van der Waals surface area (Å²) in [5, 5.41) is 21.1. The summed E-state index contributed by atoms with van der Waals surface area (Å²) in [7, 11) is 0. The third-order valence-electron chi connectivity index (χ3n) is 6.81. The minimum absolute atomic E-state index is 0.169. The highest BCUT2D eigenvalue weighted by Crippen LogP contribution is 2.37. The molecule has 5 rings (SSSR count). The van der Waals surface area contributed by atoms with Gasteiger partial charge in [-0.25, -0.2) is 9.48 Å². The van der Waals surface area contributed by atoms with Crippen molar-refractivity contribution in [2.75, 3.05) is 10.6 Å². The summed E-state index contributed by atoms with van der Waals surface area (Å²) in [4.78, 5) is 29.9. The Labute approximate surface area is 231 Å². The third-order valence-corrected chi connectivity index (χ3v) is 7.69. The first-order valence-electron chi connectivity index (χ1n) is 12.5. The Hall–Kier alpha value is -4.37. The van der Waals surface area contributed by atoms with Gasteiger partial charge in [0.1, 0.15) is 6.04 Å². The number of fused-ring (bicyclic) bond motifs is 1. The number of carboxylic acid groups (broad SMARTS) is 1. The number of carboxylic acids is 1. The molecule has 0 saturated carbocycles. The first kappa shape index (κ1) is 26.2. The van der Waals surface area contributed by atoms with E-state index < -0.39 is 12.0 Å². The molecule has 0 bridgehead atoms. The van der Waals surface area contributed by atoms with Crippen LogP contribution in [-0.2, 0) is 10.5 Å². The summed E-state index contributed by atoms with van der Waals surface area (Å²) in [5.74, 6) is -0.0483. The number of amides is 1. The number of rotatable bonds is 7. The van der Waals surface area contributed by atoms with Crippen molar-refractivity contribution in [1.82, 2.24) is 14.8 Å². The number of thioether (sulfide) groups is 1. The van der Waals surface area contributed by atoms with Gasteiger partial charge in [0.05, 0.1) is 11.1 Å². The zero-order valence-corrected chi connectivity index (χ0v) is 23.0. The van der Waals surface area contributed by atoms with Crippen LogP contribution < -0.4 is 10.6 Å². The van der Waals surface area contributed by atoms with Crippen molar-refractivity contribution in [1.29, 1.82) is 0 Å². The van der Waals surface area contributed by atoms with Crippen molar-refractivity contribution in [2.24, 2.45) is 0 Å². The van der Waals surface area contributed by atoms with Gasteiger partial charge in [-0.1, -0.05) is 65.9 Å². The Morgan fingerprint density at radius 3 is 2.46 bits per heavy atom. The predicted octanol–water partition coefficient (Wildman–Crippen LogP) is 6.12. The van der Waals surface area contributed by atoms with Gasteiger partial charge in [-0.3, -0.25) is 4.79 Å². The first-order chi connectivity index (χ1) is 18.7. The Balaban J connectivity index is 1.51. The van der Waals surface area contributed by atoms with E-state index in [4.69, 9.17) is 10.1 Å². The smallest absolute Gasteiger partial charge is 0.335 e. The van der Waals surface area contributed by atoms with Crippen LogP contribution in [0.5, 0.6) is 0 Å². The molecule has 39 heavy (non-hydrogen) atoms. The van der Waals surface area contributed by atoms with Gasteiger partial charge in [0.25, 0.3) is 5.91 Å². The molecule has 1 aliphatic rings. The van der Waals surface area contributed by atoms with Crippen LogP contribution in [0.15, 0.2) is 83.2 Å². The quantitative estimate of drug-likeness (QED) is 0.243. The molecule has 3 aromatic carbocycles. The monoisotopic (exact) mass is 539 g/mol. The Bertz CT molecular complexity index is 1610. The average molecular weight is 540 g/mol. The number of hydrogen-bond donors (Lipinski definition) is 3. The van der Waals surface area contributed by atoms with Gasteiger partial charge in [0, 0.05) is 17.1 Å². The van der Waals surface area contributed by atoms with E-state index in [-0.39, 0.29) is 11.5 Å². The largest absolute Gasteiger partial charge is 0.478 e. The van der Waals surface area contributed by atoms with Crippen LogP contribution in [0.25, 0.3) is 0 Å². The normalized spacial score (nSPS) is 14.5. The molecule has 1 aromatic heterocycles. The van der Waals surface area contributed by atoms with Crippen LogP contribution >= 0.6 is 11.8 Å². The van der Waals surface area contributed by atoms with Crippen LogP contribution in [0.2, 0.25) is 0 Å². The summed E-state index contributed by atoms with van der Waals surface area (Å²) in [5.41, 5.74) is 7.32. The Morgan fingerprint density at radius 1 is 1.00 bits per heavy atom. The maximum Gasteiger partial charge on any atom is 0.335 e. The number of benzene rings is 3. The molecule has 0 fully saturated rings. The van der Waals surface area contributed by atoms with Crippen molar-refractivity contribution >= 4 is 35.3 Å². The second-order valence-electron chi connectivity index (χ2n) is 9.64. The van der Waals surface area contributed by atoms with Crippen molar-refractivity contribution in [2.45, 2.75) is 44.6 Å². The van der Waals surface area contributed by atoms with E-state index in [9.17, 15) is 14.7 Å². The topological polar surface area (TPSA) is 109 Å². The number of carbonyl (C=O) groups excluding carboxylic acids is 1. The summed E-state index contributed by atoms with van der Waals surface area (Å²) in [6, 6.07) is 19.9. The van der Waals surface area contributed by atoms with Gasteiger partial charge in [-0.15, -0.1) is 5.10 Å². The number of allylic oxidation sites excluding steroid dienone is 1. The number of aromatic carboxylic acids is 1. The van der Waals surface area contributed by atoms with Gasteiger partial charge in [-0.05, 0) is 68.1 Å². The predicted molar refractivity (Wildman–Crippen MR) is 153 cm³/mol. The van der Waals surface area contributed by atoms with Gasteiger partial charge in [0.15, 0.2) is 0 Å². The van der Waals surface area contributed by atoms with Crippen molar-refractivity contribution in [3.8, 4) is 0 Å². The minimum atomic E-state index is -1.01. The zero-order chi connectivity index (χ0) is 27.7. The average Bonchev–Trinajstić information content (AvgIpc) is 3.32. The molecule has 0 saturated heterocycles. The molecule has 0 aliphatic carbocycles. The molecule has 198 valence electrons. The van der Waals surface area contributed by atoms with Gasteiger partial charge in [-0.2, -0.15) is 4.98 Å². The number of anilines is 2. The van der Waals surface area contributed by atoms with Crippen molar-refractivity contribution < 1.29 is 14.7 Å². The van der Waals surface area contributed by atoms with E-state index in [2.05, 4.69) is 42.7 Å². The van der Waals surface area contributed by atoms with Crippen LogP contribution in [0, 0.1) is 20.8 Å². The molecule has 0 spiro atoms. The maximum absolute atomic E-state index is 13.7. The molecule has 0 radical (unpaired) electrons. The number of aromatic nitrogens is 3. The number of hydrogen-bond acceptors (Lipinski definition) is 6. The number of carbonyl (C=O) groups is 2. The lowest BCUT2D eigenvalue weighted by Gasteiger charge is -2.29. The van der Waals surface area contributed by atoms with E-state index >= 15 is 0 Å². The van der Waals surface area contributed by atoms with E-state index in [0.29, 0.717) is 28.1 Å². The molecule has 2 heterocycles. The van der Waals surface area contributed by atoms with Crippen LogP contribution in [-0.4, -0.2) is 31.7 Å². The maximum atomic E-state index is 13.7. The Morgan fingerprint density at radius 2 is 1.74 bits per heavy atom. The molecule has 1 amide bonds. The standard InChI is InChI=1S/C30H29N5O3S/c1-17-9-10-18(2)23(15-17)16-39-30-33-29-31-20(4)25(27(36)32-24-8-6-5-7-19(24)3)26(35(29)34-30)21-11-13-22(14-12-21)28(37)38/h5-15,26H,16H2,1-4H3,(H,32,36)(H,37,38)(H,31,33,34)/t26-/m0/s1. The second kappa shape index (κ2) is 10.8. The van der Waals surface area contributed by atoms with Crippen LogP contribution in [0.4, 0.5) is 11.6 Å². The molecular weight excluding hydrogens is 510 g/mol. The molecule has 9 heteroatoms. The summed E-state index contributed by atoms with van der Waals surface area (Å²) in [6.45, 7) is 7.94. The van der Waals surface area contributed by atoms with Gasteiger partial charge in [0.2, 0.25) is 11.1 Å². The Kier molecular flexibility index (Phi) is 7.26. The number of aryl methyl sites for hydroxylation is 3. The van der Waals surface area contributed by atoms with E-state index in [1.165, 1.54) is 28.5 Å². The van der Waals surface area contributed by atoms with Crippen molar-refractivity contribution in [3.63, 3.8) is 0 Å².